The topological polar surface area (TPSA) is 81.1 Å². The van der Waals surface area contributed by atoms with Gasteiger partial charge in [0.05, 0.1) is 17.1 Å². The molecule has 0 aliphatic heterocycles. The lowest BCUT2D eigenvalue weighted by atomic mass is 10.1. The number of nitrogen functional groups attached to an aromatic ring is 1. The van der Waals surface area contributed by atoms with Crippen LogP contribution >= 0.6 is 15.9 Å². The number of anilines is 3. The minimum atomic E-state index is -0.573. The summed E-state index contributed by atoms with van der Waals surface area (Å²) in [5.74, 6) is -1.01. The Hall–Kier alpha value is -2.08. The smallest absolute Gasteiger partial charge is 0.248 e. The molecule has 0 radical (unpaired) electrons. The maximum atomic E-state index is 13.7. The average Bonchev–Trinajstić information content (AvgIpc) is 2.35. The molecule has 19 heavy (non-hydrogen) atoms. The molecule has 5 N–H and O–H groups in total. The van der Waals surface area contributed by atoms with Crippen molar-refractivity contribution in [1.82, 2.24) is 0 Å². The van der Waals surface area contributed by atoms with Crippen LogP contribution in [0.15, 0.2) is 40.9 Å². The highest BCUT2D eigenvalue weighted by atomic mass is 79.9. The standard InChI is InChI=1S/C13H11BrFN3O/c14-8-2-1-3-9(15)12(8)18-11-6-7(13(17)19)4-5-10(11)16/h1-6,18H,16H2,(H2,17,19). The molecule has 2 aromatic carbocycles. The molecule has 0 fully saturated rings. The van der Waals surface area contributed by atoms with Crippen LogP contribution in [0.3, 0.4) is 0 Å². The monoisotopic (exact) mass is 323 g/mol. The molecule has 2 rings (SSSR count). The molecule has 0 bridgehead atoms. The maximum Gasteiger partial charge on any atom is 0.248 e. The third kappa shape index (κ3) is 2.85. The molecular weight excluding hydrogens is 313 g/mol. The van der Waals surface area contributed by atoms with Gasteiger partial charge in [-0.3, -0.25) is 4.79 Å². The molecule has 0 saturated carbocycles. The largest absolute Gasteiger partial charge is 0.397 e. The Kier molecular flexibility index (Phi) is 3.71. The van der Waals surface area contributed by atoms with E-state index in [1.54, 1.807) is 12.1 Å². The van der Waals surface area contributed by atoms with Gasteiger partial charge in [-0.1, -0.05) is 6.07 Å². The number of carbonyl (C=O) groups excluding carboxylic acids is 1. The molecule has 6 heteroatoms. The van der Waals surface area contributed by atoms with Crippen molar-refractivity contribution in [3.8, 4) is 0 Å². The molecule has 0 aliphatic rings. The van der Waals surface area contributed by atoms with Crippen LogP contribution in [0.1, 0.15) is 10.4 Å². The van der Waals surface area contributed by atoms with E-state index in [0.29, 0.717) is 21.4 Å². The molecular formula is C13H11BrFN3O. The summed E-state index contributed by atoms with van der Waals surface area (Å²) < 4.78 is 14.3. The van der Waals surface area contributed by atoms with Crippen LogP contribution in [-0.4, -0.2) is 5.91 Å². The Morgan fingerprint density at radius 3 is 2.63 bits per heavy atom. The lowest BCUT2D eigenvalue weighted by Gasteiger charge is -2.12. The number of nitrogens with two attached hydrogens (primary N) is 2. The van der Waals surface area contributed by atoms with Gasteiger partial charge in [0.2, 0.25) is 5.91 Å². The van der Waals surface area contributed by atoms with E-state index in [9.17, 15) is 9.18 Å². The van der Waals surface area contributed by atoms with Crippen molar-refractivity contribution in [3.63, 3.8) is 0 Å². The van der Waals surface area contributed by atoms with Gasteiger partial charge >= 0.3 is 0 Å². The van der Waals surface area contributed by atoms with Gasteiger partial charge in [-0.25, -0.2) is 4.39 Å². The zero-order chi connectivity index (χ0) is 14.0. The van der Waals surface area contributed by atoms with Crippen LogP contribution in [-0.2, 0) is 0 Å². The van der Waals surface area contributed by atoms with E-state index < -0.39 is 11.7 Å². The van der Waals surface area contributed by atoms with Gasteiger partial charge in [-0.15, -0.1) is 0 Å². The minimum Gasteiger partial charge on any atom is -0.397 e. The molecule has 0 spiro atoms. The number of halogens is 2. The highest BCUT2D eigenvalue weighted by Crippen LogP contribution is 2.31. The zero-order valence-electron chi connectivity index (χ0n) is 9.78. The third-order valence-corrected chi connectivity index (χ3v) is 3.22. The third-order valence-electron chi connectivity index (χ3n) is 2.56. The fourth-order valence-electron chi connectivity index (χ4n) is 1.57. The fourth-order valence-corrected chi connectivity index (χ4v) is 2.01. The summed E-state index contributed by atoms with van der Waals surface area (Å²) >= 11 is 3.24. The van der Waals surface area contributed by atoms with E-state index in [1.165, 1.54) is 24.3 Å². The van der Waals surface area contributed by atoms with Crippen LogP contribution < -0.4 is 16.8 Å². The first-order valence-electron chi connectivity index (χ1n) is 5.39. The predicted octanol–water partition coefficient (Wildman–Crippen LogP) is 3.01. The summed E-state index contributed by atoms with van der Waals surface area (Å²) in [7, 11) is 0. The van der Waals surface area contributed by atoms with Crippen LogP contribution in [0, 0.1) is 5.82 Å². The second-order valence-corrected chi connectivity index (χ2v) is 4.74. The zero-order valence-corrected chi connectivity index (χ0v) is 11.4. The first kappa shape index (κ1) is 13.4. The molecule has 0 saturated heterocycles. The average molecular weight is 324 g/mol. The normalized spacial score (nSPS) is 10.2. The Morgan fingerprint density at radius 2 is 2.00 bits per heavy atom. The molecule has 1 amide bonds. The molecule has 0 aliphatic carbocycles. The van der Waals surface area contributed by atoms with Crippen molar-refractivity contribution in [2.75, 3.05) is 11.1 Å². The number of hydrogen-bond donors (Lipinski definition) is 3. The Morgan fingerprint density at radius 1 is 1.26 bits per heavy atom. The van der Waals surface area contributed by atoms with E-state index in [-0.39, 0.29) is 5.69 Å². The van der Waals surface area contributed by atoms with Crippen molar-refractivity contribution < 1.29 is 9.18 Å². The van der Waals surface area contributed by atoms with Crippen LogP contribution in [0.2, 0.25) is 0 Å². The van der Waals surface area contributed by atoms with Crippen molar-refractivity contribution >= 4 is 38.9 Å². The highest BCUT2D eigenvalue weighted by molar-refractivity contribution is 9.10. The van der Waals surface area contributed by atoms with Crippen LogP contribution in [0.25, 0.3) is 0 Å². The number of carbonyl (C=O) groups is 1. The number of rotatable bonds is 3. The van der Waals surface area contributed by atoms with Crippen molar-refractivity contribution in [2.24, 2.45) is 5.73 Å². The van der Waals surface area contributed by atoms with Gasteiger partial charge in [0.15, 0.2) is 0 Å². The number of benzene rings is 2. The van der Waals surface area contributed by atoms with Gasteiger partial charge in [0, 0.05) is 10.0 Å². The van der Waals surface area contributed by atoms with Gasteiger partial charge < -0.3 is 16.8 Å². The second-order valence-electron chi connectivity index (χ2n) is 3.89. The summed E-state index contributed by atoms with van der Waals surface area (Å²) in [6.07, 6.45) is 0. The Balaban J connectivity index is 2.43. The lowest BCUT2D eigenvalue weighted by Crippen LogP contribution is -2.11. The predicted molar refractivity (Wildman–Crippen MR) is 76.8 cm³/mol. The summed E-state index contributed by atoms with van der Waals surface area (Å²) in [4.78, 5) is 11.1. The highest BCUT2D eigenvalue weighted by Gasteiger charge is 2.10. The van der Waals surface area contributed by atoms with E-state index in [0.717, 1.165) is 0 Å². The number of hydrogen-bond acceptors (Lipinski definition) is 3. The van der Waals surface area contributed by atoms with Gasteiger partial charge in [0.1, 0.15) is 5.82 Å². The molecule has 0 atom stereocenters. The SMILES string of the molecule is NC(=O)c1ccc(N)c(Nc2c(F)cccc2Br)c1. The number of nitrogens with one attached hydrogen (secondary N) is 1. The van der Waals surface area contributed by atoms with Crippen LogP contribution in [0.4, 0.5) is 21.5 Å². The Bertz CT molecular complexity index is 626. The maximum absolute atomic E-state index is 13.7. The first-order valence-corrected chi connectivity index (χ1v) is 6.18. The molecule has 0 heterocycles. The quantitative estimate of drug-likeness (QED) is 0.759. The summed E-state index contributed by atoms with van der Waals surface area (Å²) in [5.41, 5.74) is 12.3. The molecule has 0 aromatic heterocycles. The minimum absolute atomic E-state index is 0.246. The Labute approximate surface area is 117 Å². The number of primary amides is 1. The van der Waals surface area contributed by atoms with Gasteiger partial charge in [0.25, 0.3) is 0 Å². The molecule has 0 unspecified atom stereocenters. The van der Waals surface area contributed by atoms with Gasteiger partial charge in [-0.05, 0) is 46.3 Å². The second kappa shape index (κ2) is 5.27. The summed E-state index contributed by atoms with van der Waals surface area (Å²) in [6.45, 7) is 0. The fraction of sp³-hybridized carbons (Fsp3) is 0. The first-order chi connectivity index (χ1) is 8.99. The molecule has 98 valence electrons. The van der Waals surface area contributed by atoms with E-state index in [2.05, 4.69) is 21.2 Å². The van der Waals surface area contributed by atoms with E-state index >= 15 is 0 Å². The molecule has 2 aromatic rings. The summed E-state index contributed by atoms with van der Waals surface area (Å²) in [6, 6.07) is 9.13. The lowest BCUT2D eigenvalue weighted by molar-refractivity contribution is 0.100. The van der Waals surface area contributed by atoms with E-state index in [1.807, 2.05) is 0 Å². The number of para-hydroxylation sites is 1. The van der Waals surface area contributed by atoms with Crippen molar-refractivity contribution in [1.29, 1.82) is 0 Å². The van der Waals surface area contributed by atoms with Crippen molar-refractivity contribution in [3.05, 3.63) is 52.3 Å². The number of amides is 1. The van der Waals surface area contributed by atoms with Crippen LogP contribution in [0.5, 0.6) is 0 Å². The van der Waals surface area contributed by atoms with Gasteiger partial charge in [-0.2, -0.15) is 0 Å². The summed E-state index contributed by atoms with van der Waals surface area (Å²) in [5, 5.41) is 2.85. The van der Waals surface area contributed by atoms with Crippen molar-refractivity contribution in [2.45, 2.75) is 0 Å². The van der Waals surface area contributed by atoms with E-state index in [4.69, 9.17) is 11.5 Å². The molecule has 4 nitrogen and oxygen atoms in total.